The minimum Gasteiger partial charge on any atom is -0.373 e. The van der Waals surface area contributed by atoms with Crippen LogP contribution in [0.5, 0.6) is 0 Å². The van der Waals surface area contributed by atoms with E-state index >= 15 is 0 Å². The van der Waals surface area contributed by atoms with E-state index in [0.717, 1.165) is 29.2 Å². The molecular weight excluding hydrogens is 354 g/mol. The number of carbonyl (C=O) groups is 2. The van der Waals surface area contributed by atoms with Crippen LogP contribution in [0.1, 0.15) is 26.3 Å². The maximum atomic E-state index is 12.1. The highest BCUT2D eigenvalue weighted by Crippen LogP contribution is 2.24. The van der Waals surface area contributed by atoms with Crippen LogP contribution >= 0.6 is 0 Å². The van der Waals surface area contributed by atoms with Crippen LogP contribution in [-0.4, -0.2) is 38.6 Å². The Bertz CT molecular complexity index is 762. The van der Waals surface area contributed by atoms with Gasteiger partial charge in [-0.15, -0.1) is 0 Å². The van der Waals surface area contributed by atoms with Gasteiger partial charge in [0.25, 0.3) is 0 Å². The molecule has 6 nitrogen and oxygen atoms in total. The van der Waals surface area contributed by atoms with Gasteiger partial charge in [-0.1, -0.05) is 44.2 Å². The molecule has 0 saturated carbocycles. The Kier molecular flexibility index (Phi) is 10.4. The van der Waals surface area contributed by atoms with E-state index in [4.69, 9.17) is 4.74 Å². The second-order valence-electron chi connectivity index (χ2n) is 5.94. The molecule has 0 radical (unpaired) electrons. The average Bonchev–Trinajstić information content (AvgIpc) is 2.71. The summed E-state index contributed by atoms with van der Waals surface area (Å²) in [6, 6.07) is 15.0. The highest BCUT2D eigenvalue weighted by Gasteiger charge is 2.10. The smallest absolute Gasteiger partial charge is 0.250 e. The van der Waals surface area contributed by atoms with Gasteiger partial charge in [-0.3, -0.25) is 9.59 Å². The number of nitrogens with zero attached hydrogens (tertiary/aromatic N) is 1. The van der Waals surface area contributed by atoms with Gasteiger partial charge in [-0.2, -0.15) is 0 Å². The molecule has 2 aromatic rings. The Morgan fingerprint density at radius 1 is 0.893 bits per heavy atom. The highest BCUT2D eigenvalue weighted by molar-refractivity contribution is 5.96. The lowest BCUT2D eigenvalue weighted by Crippen LogP contribution is -2.25. The maximum absolute atomic E-state index is 12.1. The normalized spacial score (nSPS) is 9.75. The number of amides is 2. The first-order valence-corrected chi connectivity index (χ1v) is 9.54. The fourth-order valence-corrected chi connectivity index (χ4v) is 2.40. The van der Waals surface area contributed by atoms with Crippen LogP contribution in [0.2, 0.25) is 0 Å². The second kappa shape index (κ2) is 12.5. The number of ether oxygens (including phenoxy) is 1. The third kappa shape index (κ3) is 7.40. The summed E-state index contributed by atoms with van der Waals surface area (Å²) in [6.07, 6.45) is 0. The van der Waals surface area contributed by atoms with E-state index in [-0.39, 0.29) is 25.0 Å². The van der Waals surface area contributed by atoms with Gasteiger partial charge in [0.1, 0.15) is 13.2 Å². The van der Waals surface area contributed by atoms with E-state index in [2.05, 4.69) is 10.6 Å². The van der Waals surface area contributed by atoms with Crippen molar-refractivity contribution in [1.82, 2.24) is 0 Å². The molecule has 152 valence electrons. The van der Waals surface area contributed by atoms with Crippen LogP contribution in [-0.2, 0) is 14.3 Å². The molecule has 2 rings (SSSR count). The highest BCUT2D eigenvalue weighted by atomic mass is 16.5. The van der Waals surface area contributed by atoms with Crippen molar-refractivity contribution in [1.29, 1.82) is 0 Å². The van der Waals surface area contributed by atoms with Crippen molar-refractivity contribution in [3.63, 3.8) is 0 Å². The van der Waals surface area contributed by atoms with E-state index in [1.807, 2.05) is 88.2 Å². The average molecular weight is 386 g/mol. The molecule has 2 N–H and O–H groups in total. The summed E-state index contributed by atoms with van der Waals surface area (Å²) in [5.41, 5.74) is 3.35. The van der Waals surface area contributed by atoms with Crippen LogP contribution in [0.3, 0.4) is 0 Å². The molecule has 0 atom stereocenters. The monoisotopic (exact) mass is 385 g/mol. The van der Waals surface area contributed by atoms with E-state index in [0.29, 0.717) is 0 Å². The molecule has 0 bridgehead atoms. The molecule has 0 aliphatic carbocycles. The number of benzene rings is 2. The van der Waals surface area contributed by atoms with Gasteiger partial charge in [-0.25, -0.2) is 0 Å². The summed E-state index contributed by atoms with van der Waals surface area (Å²) >= 11 is 0. The van der Waals surface area contributed by atoms with Crippen LogP contribution in [0.15, 0.2) is 48.5 Å². The van der Waals surface area contributed by atoms with Crippen LogP contribution in [0, 0.1) is 6.92 Å². The number of hydrogen-bond acceptors (Lipinski definition) is 4. The number of para-hydroxylation sites is 3. The van der Waals surface area contributed by atoms with Crippen molar-refractivity contribution in [2.45, 2.75) is 27.7 Å². The Hall–Kier alpha value is -2.86. The fourth-order valence-electron chi connectivity index (χ4n) is 2.40. The fraction of sp³-hybridized carbons (Fsp3) is 0.364. The number of nitrogens with one attached hydrogen (secondary N) is 2. The lowest BCUT2D eigenvalue weighted by atomic mass is 10.2. The molecule has 0 aromatic heterocycles. The molecule has 0 aliphatic rings. The largest absolute Gasteiger partial charge is 0.373 e. The first-order valence-electron chi connectivity index (χ1n) is 9.54. The predicted molar refractivity (Wildman–Crippen MR) is 116 cm³/mol. The third-order valence-corrected chi connectivity index (χ3v) is 3.95. The molecule has 6 heteroatoms. The van der Waals surface area contributed by atoms with Crippen molar-refractivity contribution < 1.29 is 14.3 Å². The van der Waals surface area contributed by atoms with E-state index in [1.165, 1.54) is 0 Å². The number of anilines is 3. The minimum absolute atomic E-state index is 0.182. The molecule has 0 saturated heterocycles. The van der Waals surface area contributed by atoms with E-state index < -0.39 is 0 Å². The quantitative estimate of drug-likeness (QED) is 0.719. The number of aryl methyl sites for hydroxylation is 1. The minimum atomic E-state index is -0.300. The molecule has 28 heavy (non-hydrogen) atoms. The number of carbonyl (C=O) groups excluding carboxylic acids is 2. The summed E-state index contributed by atoms with van der Waals surface area (Å²) in [7, 11) is 1.96. The standard InChI is InChI=1S/C20H25N3O3.C2H6/c1-4-23(3)18-12-8-7-11-17(18)22-20(25)14-26-13-19(24)21-16-10-6-5-9-15(16)2;1-2/h5-12H,4,13-14H2,1-3H3,(H,21,24)(H,22,25);1-2H3. The van der Waals surface area contributed by atoms with Crippen LogP contribution in [0.25, 0.3) is 0 Å². The molecule has 0 heterocycles. The van der Waals surface area contributed by atoms with Gasteiger partial charge in [0.2, 0.25) is 11.8 Å². The van der Waals surface area contributed by atoms with E-state index in [1.54, 1.807) is 0 Å². The predicted octanol–water partition coefficient (Wildman–Crippen LogP) is 4.07. The van der Waals surface area contributed by atoms with Crippen molar-refractivity contribution in [2.24, 2.45) is 0 Å². The molecule has 0 fully saturated rings. The number of rotatable bonds is 8. The van der Waals surface area contributed by atoms with Crippen molar-refractivity contribution >= 4 is 28.9 Å². The first kappa shape index (κ1) is 23.2. The summed E-state index contributed by atoms with van der Waals surface area (Å²) in [6.45, 7) is 8.40. The third-order valence-electron chi connectivity index (χ3n) is 3.95. The topological polar surface area (TPSA) is 70.7 Å². The van der Waals surface area contributed by atoms with Crippen molar-refractivity contribution in [2.75, 3.05) is 42.3 Å². The molecular formula is C22H31N3O3. The lowest BCUT2D eigenvalue weighted by Gasteiger charge is -2.20. The van der Waals surface area contributed by atoms with Gasteiger partial charge in [0.05, 0.1) is 11.4 Å². The zero-order chi connectivity index (χ0) is 20.9. The van der Waals surface area contributed by atoms with Gasteiger partial charge in [-0.05, 0) is 37.6 Å². The van der Waals surface area contributed by atoms with Gasteiger partial charge in [0.15, 0.2) is 0 Å². The Morgan fingerprint density at radius 3 is 1.96 bits per heavy atom. The summed E-state index contributed by atoms with van der Waals surface area (Å²) in [5, 5.41) is 5.58. The summed E-state index contributed by atoms with van der Waals surface area (Å²) in [5.74, 6) is -0.594. The first-order chi connectivity index (χ1) is 13.5. The lowest BCUT2D eigenvalue weighted by molar-refractivity contribution is -0.125. The molecule has 2 aromatic carbocycles. The molecule has 2 amide bonds. The van der Waals surface area contributed by atoms with Gasteiger partial charge in [0, 0.05) is 19.3 Å². The Balaban J connectivity index is 0.00000190. The van der Waals surface area contributed by atoms with E-state index in [9.17, 15) is 9.59 Å². The second-order valence-corrected chi connectivity index (χ2v) is 5.94. The van der Waals surface area contributed by atoms with Gasteiger partial charge < -0.3 is 20.3 Å². The van der Waals surface area contributed by atoms with Crippen molar-refractivity contribution in [3.8, 4) is 0 Å². The Morgan fingerprint density at radius 2 is 1.39 bits per heavy atom. The zero-order valence-corrected chi connectivity index (χ0v) is 17.4. The number of hydrogen-bond donors (Lipinski definition) is 2. The van der Waals surface area contributed by atoms with Gasteiger partial charge >= 0.3 is 0 Å². The summed E-state index contributed by atoms with van der Waals surface area (Å²) in [4.78, 5) is 26.0. The molecule has 0 spiro atoms. The van der Waals surface area contributed by atoms with Crippen LogP contribution in [0.4, 0.5) is 17.1 Å². The SMILES string of the molecule is CC.CCN(C)c1ccccc1NC(=O)COCC(=O)Nc1ccccc1C. The van der Waals surface area contributed by atoms with Crippen LogP contribution < -0.4 is 15.5 Å². The molecule has 0 unspecified atom stereocenters. The van der Waals surface area contributed by atoms with Crippen molar-refractivity contribution in [3.05, 3.63) is 54.1 Å². The maximum Gasteiger partial charge on any atom is 0.250 e. The molecule has 0 aliphatic heterocycles. The Labute approximate surface area is 167 Å². The zero-order valence-electron chi connectivity index (χ0n) is 17.4. The summed E-state index contributed by atoms with van der Waals surface area (Å²) < 4.78 is 5.23.